The topological polar surface area (TPSA) is 88.2 Å². The van der Waals surface area contributed by atoms with Gasteiger partial charge in [0.05, 0.1) is 37.4 Å². The van der Waals surface area contributed by atoms with E-state index in [1.54, 1.807) is 0 Å². The summed E-state index contributed by atoms with van der Waals surface area (Å²) in [6, 6.07) is 0. The van der Waals surface area contributed by atoms with Crippen LogP contribution in [0.5, 0.6) is 0 Å². The molecule has 8 nitrogen and oxygen atoms in total. The van der Waals surface area contributed by atoms with E-state index < -0.39 is 0 Å². The molecular formula is C27H44N4O4. The van der Waals surface area contributed by atoms with E-state index in [-0.39, 0.29) is 11.9 Å². The number of unbranched alkanes of at least 4 members (excludes halogenated alkanes) is 7. The molecule has 0 bridgehead atoms. The van der Waals surface area contributed by atoms with Crippen molar-refractivity contribution in [2.24, 2.45) is 0 Å². The molecule has 2 aromatic heterocycles. The van der Waals surface area contributed by atoms with Gasteiger partial charge in [0.1, 0.15) is 11.6 Å². The van der Waals surface area contributed by atoms with Crippen LogP contribution in [0.1, 0.15) is 94.2 Å². The summed E-state index contributed by atoms with van der Waals surface area (Å²) in [5.74, 6) is 1.67. The summed E-state index contributed by atoms with van der Waals surface area (Å²) in [4.78, 5) is 32.6. The third kappa shape index (κ3) is 11.6. The van der Waals surface area contributed by atoms with Crippen molar-refractivity contribution in [3.8, 4) is 0 Å². The van der Waals surface area contributed by atoms with E-state index >= 15 is 0 Å². The minimum Gasteiger partial charge on any atom is -0.466 e. The second-order valence-electron chi connectivity index (χ2n) is 9.24. The highest BCUT2D eigenvalue weighted by atomic mass is 16.5. The van der Waals surface area contributed by atoms with Gasteiger partial charge >= 0.3 is 11.9 Å². The molecule has 0 unspecified atom stereocenters. The molecule has 2 heterocycles. The summed E-state index contributed by atoms with van der Waals surface area (Å²) in [6.45, 7) is 10.2. The Hall–Kier alpha value is -2.64. The SMILES string of the molecule is CCc1nc(C)cn1CCC(=O)OCCCCCCCCCCOC(=O)CCn1cc(C)nc1C. The van der Waals surface area contributed by atoms with Gasteiger partial charge in [0.2, 0.25) is 0 Å². The van der Waals surface area contributed by atoms with E-state index in [9.17, 15) is 9.59 Å². The summed E-state index contributed by atoms with van der Waals surface area (Å²) in [5.41, 5.74) is 1.96. The lowest BCUT2D eigenvalue weighted by molar-refractivity contribution is -0.145. The molecule has 0 fully saturated rings. The summed E-state index contributed by atoms with van der Waals surface area (Å²) in [7, 11) is 0. The minimum atomic E-state index is -0.140. The van der Waals surface area contributed by atoms with Crippen molar-refractivity contribution < 1.29 is 19.1 Å². The Morgan fingerprint density at radius 3 is 1.66 bits per heavy atom. The maximum absolute atomic E-state index is 12.0. The molecule has 2 aromatic rings. The zero-order chi connectivity index (χ0) is 25.5. The number of aryl methyl sites for hydroxylation is 6. The first-order valence-corrected chi connectivity index (χ1v) is 13.2. The lowest BCUT2D eigenvalue weighted by Gasteiger charge is -2.08. The van der Waals surface area contributed by atoms with Crippen LogP contribution in [-0.2, 0) is 38.6 Å². The molecule has 0 spiro atoms. The lowest BCUT2D eigenvalue weighted by Crippen LogP contribution is -2.11. The molecule has 8 heteroatoms. The molecule has 0 radical (unpaired) electrons. The van der Waals surface area contributed by atoms with Gasteiger partial charge in [0, 0.05) is 31.9 Å². The molecule has 0 amide bonds. The predicted octanol–water partition coefficient (Wildman–Crippen LogP) is 5.25. The quantitative estimate of drug-likeness (QED) is 0.210. The molecule has 0 saturated carbocycles. The standard InChI is InChI=1S/C27H44N4O4/c1-5-25-29-23(3)21-31(25)17-15-27(33)35-19-13-11-9-7-6-8-10-12-18-34-26(32)14-16-30-20-22(2)28-24(30)4/h20-21H,5-19H2,1-4H3. The first-order chi connectivity index (χ1) is 16.9. The van der Waals surface area contributed by atoms with Crippen LogP contribution < -0.4 is 0 Å². The summed E-state index contributed by atoms with van der Waals surface area (Å²) in [5, 5.41) is 0. The first-order valence-electron chi connectivity index (χ1n) is 13.2. The fourth-order valence-electron chi connectivity index (χ4n) is 4.17. The van der Waals surface area contributed by atoms with Crippen molar-refractivity contribution in [2.75, 3.05) is 13.2 Å². The second kappa shape index (κ2) is 16.1. The van der Waals surface area contributed by atoms with Gasteiger partial charge in [0.25, 0.3) is 0 Å². The highest BCUT2D eigenvalue weighted by Crippen LogP contribution is 2.10. The Kier molecular flexibility index (Phi) is 13.2. The van der Waals surface area contributed by atoms with Crippen LogP contribution in [0.15, 0.2) is 12.4 Å². The Morgan fingerprint density at radius 1 is 0.714 bits per heavy atom. The fourth-order valence-corrected chi connectivity index (χ4v) is 4.17. The van der Waals surface area contributed by atoms with Crippen LogP contribution in [0.4, 0.5) is 0 Å². The van der Waals surface area contributed by atoms with E-state index in [0.29, 0.717) is 39.1 Å². The highest BCUT2D eigenvalue weighted by molar-refractivity contribution is 5.69. The van der Waals surface area contributed by atoms with Crippen molar-refractivity contribution in [3.05, 3.63) is 35.4 Å². The second-order valence-corrected chi connectivity index (χ2v) is 9.24. The zero-order valence-electron chi connectivity index (χ0n) is 22.2. The lowest BCUT2D eigenvalue weighted by atomic mass is 10.1. The number of hydrogen-bond donors (Lipinski definition) is 0. The molecule has 0 atom stereocenters. The van der Waals surface area contributed by atoms with E-state index in [2.05, 4.69) is 16.9 Å². The number of aromatic nitrogens is 4. The van der Waals surface area contributed by atoms with Crippen molar-refractivity contribution >= 4 is 11.9 Å². The van der Waals surface area contributed by atoms with Gasteiger partial charge in [-0.05, 0) is 33.6 Å². The highest BCUT2D eigenvalue weighted by Gasteiger charge is 2.08. The third-order valence-corrected chi connectivity index (χ3v) is 6.07. The average molecular weight is 489 g/mol. The molecular weight excluding hydrogens is 444 g/mol. The molecule has 0 aromatic carbocycles. The van der Waals surface area contributed by atoms with Crippen molar-refractivity contribution in [1.29, 1.82) is 0 Å². The van der Waals surface area contributed by atoms with Crippen molar-refractivity contribution in [2.45, 2.75) is 111 Å². The molecule has 0 saturated heterocycles. The molecule has 2 rings (SSSR count). The molecule has 0 N–H and O–H groups in total. The maximum atomic E-state index is 12.0. The van der Waals surface area contributed by atoms with Gasteiger partial charge in [-0.3, -0.25) is 9.59 Å². The number of carbonyl (C=O) groups excluding carboxylic acids is 2. The van der Waals surface area contributed by atoms with E-state index in [0.717, 1.165) is 68.0 Å². The van der Waals surface area contributed by atoms with Gasteiger partial charge in [-0.1, -0.05) is 45.4 Å². The van der Waals surface area contributed by atoms with Crippen molar-refractivity contribution in [1.82, 2.24) is 19.1 Å². The van der Waals surface area contributed by atoms with E-state index in [1.807, 2.05) is 42.3 Å². The third-order valence-electron chi connectivity index (χ3n) is 6.07. The number of ether oxygens (including phenoxy) is 2. The van der Waals surface area contributed by atoms with Crippen LogP contribution in [0.3, 0.4) is 0 Å². The Balaban J connectivity index is 1.35. The maximum Gasteiger partial charge on any atom is 0.307 e. The number of hydrogen-bond acceptors (Lipinski definition) is 6. The summed E-state index contributed by atoms with van der Waals surface area (Å²) < 4.78 is 14.7. The van der Waals surface area contributed by atoms with Crippen LogP contribution in [0, 0.1) is 20.8 Å². The Bertz CT molecular complexity index is 903. The van der Waals surface area contributed by atoms with Crippen molar-refractivity contribution in [3.63, 3.8) is 0 Å². The molecule has 196 valence electrons. The van der Waals surface area contributed by atoms with Gasteiger partial charge in [-0.2, -0.15) is 0 Å². The Labute approximate surface area is 210 Å². The monoisotopic (exact) mass is 488 g/mol. The number of esters is 2. The van der Waals surface area contributed by atoms with E-state index in [4.69, 9.17) is 9.47 Å². The molecule has 35 heavy (non-hydrogen) atoms. The molecule has 0 aliphatic rings. The van der Waals surface area contributed by atoms with E-state index in [1.165, 1.54) is 12.8 Å². The number of imidazole rings is 2. The van der Waals surface area contributed by atoms with Crippen LogP contribution in [0.25, 0.3) is 0 Å². The normalized spacial score (nSPS) is 11.1. The van der Waals surface area contributed by atoms with Gasteiger partial charge in [0.15, 0.2) is 0 Å². The molecule has 0 aliphatic carbocycles. The smallest absolute Gasteiger partial charge is 0.307 e. The van der Waals surface area contributed by atoms with Gasteiger partial charge < -0.3 is 18.6 Å². The number of rotatable bonds is 18. The predicted molar refractivity (Wildman–Crippen MR) is 136 cm³/mol. The minimum absolute atomic E-state index is 0.133. The van der Waals surface area contributed by atoms with Crippen LogP contribution >= 0.6 is 0 Å². The van der Waals surface area contributed by atoms with Crippen LogP contribution in [-0.4, -0.2) is 44.3 Å². The summed E-state index contributed by atoms with van der Waals surface area (Å²) in [6.07, 6.45) is 14.3. The summed E-state index contributed by atoms with van der Waals surface area (Å²) >= 11 is 0. The largest absolute Gasteiger partial charge is 0.466 e. The fraction of sp³-hybridized carbons (Fsp3) is 0.704. The first kappa shape index (κ1) is 28.6. The number of carbonyl (C=O) groups is 2. The van der Waals surface area contributed by atoms with Crippen LogP contribution in [0.2, 0.25) is 0 Å². The average Bonchev–Trinajstić information content (AvgIpc) is 3.36. The molecule has 0 aliphatic heterocycles. The van der Waals surface area contributed by atoms with Gasteiger partial charge in [-0.25, -0.2) is 9.97 Å². The zero-order valence-corrected chi connectivity index (χ0v) is 22.2. The Morgan fingerprint density at radius 2 is 1.17 bits per heavy atom. The number of nitrogens with zero attached hydrogens (tertiary/aromatic N) is 4. The van der Waals surface area contributed by atoms with Gasteiger partial charge in [-0.15, -0.1) is 0 Å².